The number of amides is 1. The molecular formula is C21H25NO4. The normalized spacial score (nSPS) is 11.5. The van der Waals surface area contributed by atoms with E-state index in [-0.39, 0.29) is 25.2 Å². The largest absolute Gasteiger partial charge is 0.482 e. The third kappa shape index (κ3) is 6.24. The smallest absolute Gasteiger partial charge is 0.344 e. The molecule has 2 aromatic carbocycles. The van der Waals surface area contributed by atoms with Gasteiger partial charge in [-0.1, -0.05) is 43.3 Å². The summed E-state index contributed by atoms with van der Waals surface area (Å²) in [6, 6.07) is 15.3. The highest BCUT2D eigenvalue weighted by atomic mass is 16.6. The van der Waals surface area contributed by atoms with Crippen molar-refractivity contribution in [3.05, 3.63) is 65.2 Å². The van der Waals surface area contributed by atoms with Crippen molar-refractivity contribution in [3.8, 4) is 5.75 Å². The van der Waals surface area contributed by atoms with Gasteiger partial charge in [-0.25, -0.2) is 4.79 Å². The lowest BCUT2D eigenvalue weighted by Crippen LogP contribution is -2.31. The first-order valence-electron chi connectivity index (χ1n) is 8.71. The van der Waals surface area contributed by atoms with Crippen LogP contribution < -0.4 is 10.1 Å². The van der Waals surface area contributed by atoms with E-state index in [0.29, 0.717) is 5.75 Å². The van der Waals surface area contributed by atoms with Gasteiger partial charge in [0.05, 0.1) is 6.04 Å². The number of aryl methyl sites for hydroxylation is 2. The standard InChI is InChI=1S/C21H25NO4/c1-4-17-8-10-18(11-9-17)16(3)22-20(23)13-26-21(24)14-25-19-7-5-6-15(2)12-19/h5-12,16H,4,13-14H2,1-3H3,(H,22,23). The molecule has 5 nitrogen and oxygen atoms in total. The van der Waals surface area contributed by atoms with E-state index in [1.807, 2.05) is 56.3 Å². The zero-order chi connectivity index (χ0) is 18.9. The topological polar surface area (TPSA) is 64.6 Å². The first-order valence-corrected chi connectivity index (χ1v) is 8.71. The molecule has 0 aliphatic carbocycles. The minimum atomic E-state index is -0.582. The molecule has 26 heavy (non-hydrogen) atoms. The minimum absolute atomic E-state index is 0.157. The number of benzene rings is 2. The molecule has 0 aliphatic heterocycles. The third-order valence-electron chi connectivity index (χ3n) is 3.98. The van der Waals surface area contributed by atoms with Gasteiger partial charge in [0.15, 0.2) is 13.2 Å². The van der Waals surface area contributed by atoms with Crippen LogP contribution >= 0.6 is 0 Å². The maximum absolute atomic E-state index is 11.9. The molecule has 0 spiro atoms. The fraction of sp³-hybridized carbons (Fsp3) is 0.333. The summed E-state index contributed by atoms with van der Waals surface area (Å²) in [5, 5.41) is 2.81. The molecule has 0 saturated carbocycles. The summed E-state index contributed by atoms with van der Waals surface area (Å²) in [4.78, 5) is 23.6. The molecule has 2 aromatic rings. The van der Waals surface area contributed by atoms with Crippen LogP contribution in [0.3, 0.4) is 0 Å². The molecule has 1 amide bonds. The highest BCUT2D eigenvalue weighted by molar-refractivity contribution is 5.81. The Morgan fingerprint density at radius 2 is 1.81 bits per heavy atom. The van der Waals surface area contributed by atoms with E-state index >= 15 is 0 Å². The number of ether oxygens (including phenoxy) is 2. The van der Waals surface area contributed by atoms with E-state index in [2.05, 4.69) is 12.2 Å². The van der Waals surface area contributed by atoms with Crippen LogP contribution in [-0.2, 0) is 20.7 Å². The van der Waals surface area contributed by atoms with Crippen molar-refractivity contribution in [2.24, 2.45) is 0 Å². The number of rotatable bonds is 8. The number of nitrogens with one attached hydrogen (secondary N) is 1. The molecule has 0 heterocycles. The molecule has 0 bridgehead atoms. The summed E-state index contributed by atoms with van der Waals surface area (Å²) >= 11 is 0. The van der Waals surface area contributed by atoms with Crippen LogP contribution in [0.5, 0.6) is 5.75 Å². The zero-order valence-corrected chi connectivity index (χ0v) is 15.5. The number of esters is 1. The number of carbonyl (C=O) groups excluding carboxylic acids is 2. The van der Waals surface area contributed by atoms with Gasteiger partial charge >= 0.3 is 5.97 Å². The Morgan fingerprint density at radius 3 is 2.46 bits per heavy atom. The second kappa shape index (κ2) is 9.61. The second-order valence-electron chi connectivity index (χ2n) is 6.15. The summed E-state index contributed by atoms with van der Waals surface area (Å²) < 4.78 is 10.3. The number of hydrogen-bond donors (Lipinski definition) is 1. The molecule has 0 aromatic heterocycles. The molecule has 0 aliphatic rings. The van der Waals surface area contributed by atoms with Crippen LogP contribution in [0.25, 0.3) is 0 Å². The molecule has 1 N–H and O–H groups in total. The molecule has 0 fully saturated rings. The van der Waals surface area contributed by atoms with Crippen LogP contribution in [0.2, 0.25) is 0 Å². The Labute approximate surface area is 154 Å². The molecule has 138 valence electrons. The van der Waals surface area contributed by atoms with Crippen molar-refractivity contribution in [1.29, 1.82) is 0 Å². The van der Waals surface area contributed by atoms with E-state index in [4.69, 9.17) is 9.47 Å². The van der Waals surface area contributed by atoms with Crippen LogP contribution in [-0.4, -0.2) is 25.1 Å². The molecule has 5 heteroatoms. The average Bonchev–Trinajstić information content (AvgIpc) is 2.64. The van der Waals surface area contributed by atoms with Gasteiger partial charge in [0.2, 0.25) is 0 Å². The van der Waals surface area contributed by atoms with Crippen molar-refractivity contribution in [1.82, 2.24) is 5.32 Å². The average molecular weight is 355 g/mol. The highest BCUT2D eigenvalue weighted by Crippen LogP contribution is 2.14. The summed E-state index contributed by atoms with van der Waals surface area (Å²) in [5.74, 6) is -0.335. The predicted molar refractivity (Wildman–Crippen MR) is 100 cm³/mol. The van der Waals surface area contributed by atoms with Crippen LogP contribution in [0.15, 0.2) is 48.5 Å². The van der Waals surface area contributed by atoms with Crippen LogP contribution in [0, 0.1) is 6.92 Å². The Kier molecular flexibility index (Phi) is 7.21. The van der Waals surface area contributed by atoms with Crippen LogP contribution in [0.4, 0.5) is 0 Å². The van der Waals surface area contributed by atoms with Gasteiger partial charge in [-0.2, -0.15) is 0 Å². The molecule has 0 saturated heterocycles. The van der Waals surface area contributed by atoms with Crippen molar-refractivity contribution in [2.45, 2.75) is 33.2 Å². The van der Waals surface area contributed by atoms with Gasteiger partial charge in [-0.05, 0) is 49.1 Å². The zero-order valence-electron chi connectivity index (χ0n) is 15.5. The van der Waals surface area contributed by atoms with E-state index < -0.39 is 5.97 Å². The van der Waals surface area contributed by atoms with Gasteiger partial charge in [-0.3, -0.25) is 4.79 Å². The third-order valence-corrected chi connectivity index (χ3v) is 3.98. The maximum Gasteiger partial charge on any atom is 0.344 e. The summed E-state index contributed by atoms with van der Waals surface area (Å²) in [6.45, 7) is 5.36. The van der Waals surface area contributed by atoms with Gasteiger partial charge in [0, 0.05) is 0 Å². The Bertz CT molecular complexity index is 740. The fourth-order valence-electron chi connectivity index (χ4n) is 2.44. The molecular weight excluding hydrogens is 330 g/mol. The van der Waals surface area contributed by atoms with Gasteiger partial charge in [-0.15, -0.1) is 0 Å². The lowest BCUT2D eigenvalue weighted by atomic mass is 10.1. The van der Waals surface area contributed by atoms with Crippen molar-refractivity contribution < 1.29 is 19.1 Å². The quantitative estimate of drug-likeness (QED) is 0.738. The Balaban J connectivity index is 1.72. The minimum Gasteiger partial charge on any atom is -0.482 e. The second-order valence-corrected chi connectivity index (χ2v) is 6.15. The van der Waals surface area contributed by atoms with Crippen LogP contribution in [0.1, 0.15) is 36.6 Å². The van der Waals surface area contributed by atoms with Crippen molar-refractivity contribution in [2.75, 3.05) is 13.2 Å². The van der Waals surface area contributed by atoms with E-state index in [0.717, 1.165) is 17.5 Å². The Morgan fingerprint density at radius 1 is 1.08 bits per heavy atom. The number of carbonyl (C=O) groups is 2. The SMILES string of the molecule is CCc1ccc(C(C)NC(=O)COC(=O)COc2cccc(C)c2)cc1. The molecule has 1 unspecified atom stereocenters. The summed E-state index contributed by atoms with van der Waals surface area (Å²) in [7, 11) is 0. The fourth-order valence-corrected chi connectivity index (χ4v) is 2.44. The summed E-state index contributed by atoms with van der Waals surface area (Å²) in [6.07, 6.45) is 0.974. The van der Waals surface area contributed by atoms with Crippen molar-refractivity contribution in [3.63, 3.8) is 0 Å². The first kappa shape index (κ1) is 19.5. The lowest BCUT2D eigenvalue weighted by molar-refractivity contribution is -0.150. The number of hydrogen-bond acceptors (Lipinski definition) is 4. The van der Waals surface area contributed by atoms with Gasteiger partial charge in [0.25, 0.3) is 5.91 Å². The Hall–Kier alpha value is -2.82. The monoisotopic (exact) mass is 355 g/mol. The maximum atomic E-state index is 11.9. The predicted octanol–water partition coefficient (Wildman–Crippen LogP) is 3.36. The first-order chi connectivity index (χ1) is 12.5. The lowest BCUT2D eigenvalue weighted by Gasteiger charge is -2.15. The summed E-state index contributed by atoms with van der Waals surface area (Å²) in [5.41, 5.74) is 3.29. The highest BCUT2D eigenvalue weighted by Gasteiger charge is 2.12. The van der Waals surface area contributed by atoms with E-state index in [1.165, 1.54) is 5.56 Å². The van der Waals surface area contributed by atoms with Gasteiger partial charge in [0.1, 0.15) is 5.75 Å². The van der Waals surface area contributed by atoms with Crippen molar-refractivity contribution >= 4 is 11.9 Å². The molecule has 2 rings (SSSR count). The van der Waals surface area contributed by atoms with Gasteiger partial charge < -0.3 is 14.8 Å². The van der Waals surface area contributed by atoms with E-state index in [1.54, 1.807) is 6.07 Å². The van der Waals surface area contributed by atoms with E-state index in [9.17, 15) is 9.59 Å². The molecule has 1 atom stereocenters. The molecule has 0 radical (unpaired) electrons.